The van der Waals surface area contributed by atoms with Gasteiger partial charge in [-0.25, -0.2) is 9.59 Å². The van der Waals surface area contributed by atoms with Crippen molar-refractivity contribution >= 4 is 12.1 Å². The van der Waals surface area contributed by atoms with Crippen LogP contribution >= 0.6 is 0 Å². The minimum Gasteiger partial charge on any atom is -0.480 e. The normalized spacial score (nSPS) is 14.0. The first-order valence-corrected chi connectivity index (χ1v) is 7.40. The Morgan fingerprint density at radius 1 is 1.09 bits per heavy atom. The number of carboxylic acids is 1. The topological polar surface area (TPSA) is 95.9 Å². The largest absolute Gasteiger partial charge is 0.480 e. The van der Waals surface area contributed by atoms with Crippen LogP contribution in [-0.2, 0) is 9.53 Å². The molecule has 0 aliphatic carbocycles. The lowest BCUT2D eigenvalue weighted by atomic mass is 9.94. The fourth-order valence-electron chi connectivity index (χ4n) is 2.19. The molecule has 0 fully saturated rings. The zero-order chi connectivity index (χ0) is 17.9. The molecule has 0 aliphatic heterocycles. The third-order valence-corrected chi connectivity index (χ3v) is 3.46. The molecule has 0 aliphatic rings. The highest BCUT2D eigenvalue weighted by atomic mass is 16.6. The van der Waals surface area contributed by atoms with Crippen molar-refractivity contribution in [1.82, 2.24) is 5.32 Å². The van der Waals surface area contributed by atoms with Crippen LogP contribution in [0.1, 0.15) is 49.1 Å². The smallest absolute Gasteiger partial charge is 0.408 e. The van der Waals surface area contributed by atoms with Gasteiger partial charge in [0.25, 0.3) is 0 Å². The molecule has 0 bridgehead atoms. The van der Waals surface area contributed by atoms with Gasteiger partial charge in [0, 0.05) is 0 Å². The van der Waals surface area contributed by atoms with Crippen molar-refractivity contribution in [2.24, 2.45) is 0 Å². The number of benzene rings is 1. The van der Waals surface area contributed by atoms with Gasteiger partial charge in [0.05, 0.1) is 0 Å². The van der Waals surface area contributed by atoms with Crippen molar-refractivity contribution in [3.8, 4) is 0 Å². The fourth-order valence-corrected chi connectivity index (χ4v) is 2.19. The number of carbonyl (C=O) groups is 2. The molecule has 0 spiro atoms. The summed E-state index contributed by atoms with van der Waals surface area (Å²) in [6.45, 7) is 10.6. The molecule has 1 amide bonds. The van der Waals surface area contributed by atoms with Gasteiger partial charge in [-0.15, -0.1) is 0 Å². The number of carboxylic acid groups (broad SMARTS) is 1. The van der Waals surface area contributed by atoms with E-state index in [1.807, 2.05) is 19.9 Å². The Balaban J connectivity index is 3.04. The lowest BCUT2D eigenvalue weighted by molar-refractivity contribution is -0.142. The van der Waals surface area contributed by atoms with Crippen LogP contribution < -0.4 is 5.32 Å². The fraction of sp³-hybridized carbons (Fsp3) is 0.529. The van der Waals surface area contributed by atoms with Crippen LogP contribution in [-0.4, -0.2) is 33.9 Å². The van der Waals surface area contributed by atoms with Crippen LogP contribution in [0.5, 0.6) is 0 Å². The molecule has 0 unspecified atom stereocenters. The van der Waals surface area contributed by atoms with Crippen molar-refractivity contribution in [3.05, 3.63) is 34.4 Å². The number of aliphatic carboxylic acids is 1. The van der Waals surface area contributed by atoms with Gasteiger partial charge in [-0.05, 0) is 63.8 Å². The van der Waals surface area contributed by atoms with Gasteiger partial charge in [0.15, 0.2) is 6.04 Å². The Bertz CT molecular complexity index is 604. The van der Waals surface area contributed by atoms with Crippen molar-refractivity contribution in [2.45, 2.75) is 59.3 Å². The lowest BCUT2D eigenvalue weighted by Crippen LogP contribution is -2.47. The number of hydrogen-bond acceptors (Lipinski definition) is 4. The summed E-state index contributed by atoms with van der Waals surface area (Å²) < 4.78 is 5.05. The molecule has 1 rings (SSSR count). The molecule has 2 atom stereocenters. The number of aliphatic hydroxyl groups excluding tert-OH is 1. The SMILES string of the molecule is Cc1cc(C)c([C@@H](O)[C@@H](NC(=O)OC(C)(C)C)C(=O)O)cc1C. The maximum atomic E-state index is 11.8. The summed E-state index contributed by atoms with van der Waals surface area (Å²) >= 11 is 0. The molecule has 6 heteroatoms. The van der Waals surface area contributed by atoms with Gasteiger partial charge >= 0.3 is 12.1 Å². The molecule has 0 saturated carbocycles. The van der Waals surface area contributed by atoms with E-state index in [1.54, 1.807) is 33.8 Å². The maximum absolute atomic E-state index is 11.8. The van der Waals surface area contributed by atoms with E-state index < -0.39 is 29.8 Å². The number of rotatable bonds is 4. The van der Waals surface area contributed by atoms with Gasteiger partial charge < -0.3 is 20.3 Å². The standard InChI is InChI=1S/C17H25NO5/c1-9-7-11(3)12(8-10(9)2)14(19)13(15(20)21)18-16(22)23-17(4,5)6/h7-8,13-14,19H,1-6H3,(H,18,22)(H,20,21)/t13-,14-/m1/s1. The molecule has 0 saturated heterocycles. The van der Waals surface area contributed by atoms with Gasteiger partial charge in [0.2, 0.25) is 0 Å². The number of ether oxygens (including phenoxy) is 1. The molecule has 0 heterocycles. The zero-order valence-corrected chi connectivity index (χ0v) is 14.4. The molecular weight excluding hydrogens is 298 g/mol. The van der Waals surface area contributed by atoms with Crippen LogP contribution in [0, 0.1) is 20.8 Å². The zero-order valence-electron chi connectivity index (χ0n) is 14.4. The van der Waals surface area contributed by atoms with E-state index in [1.165, 1.54) is 0 Å². The number of carbonyl (C=O) groups excluding carboxylic acids is 1. The first-order valence-electron chi connectivity index (χ1n) is 7.40. The van der Waals surface area contributed by atoms with Crippen LogP contribution in [0.25, 0.3) is 0 Å². The molecule has 1 aromatic carbocycles. The van der Waals surface area contributed by atoms with Gasteiger partial charge in [-0.1, -0.05) is 12.1 Å². The molecule has 3 N–H and O–H groups in total. The Morgan fingerprint density at radius 2 is 1.61 bits per heavy atom. The van der Waals surface area contributed by atoms with Gasteiger partial charge in [-0.3, -0.25) is 0 Å². The molecule has 1 aromatic rings. The van der Waals surface area contributed by atoms with Crippen LogP contribution in [0.3, 0.4) is 0 Å². The van der Waals surface area contributed by atoms with E-state index in [4.69, 9.17) is 4.74 Å². The average Bonchev–Trinajstić information content (AvgIpc) is 2.37. The lowest BCUT2D eigenvalue weighted by Gasteiger charge is -2.25. The van der Waals surface area contributed by atoms with Crippen LogP contribution in [0.4, 0.5) is 4.79 Å². The summed E-state index contributed by atoms with van der Waals surface area (Å²) in [5.41, 5.74) is 2.46. The Kier molecular flexibility index (Phi) is 5.77. The number of alkyl carbamates (subject to hydrolysis) is 1. The highest BCUT2D eigenvalue weighted by molar-refractivity contribution is 5.81. The quantitative estimate of drug-likeness (QED) is 0.791. The van der Waals surface area contributed by atoms with E-state index >= 15 is 0 Å². The third-order valence-electron chi connectivity index (χ3n) is 3.46. The Morgan fingerprint density at radius 3 is 2.09 bits per heavy atom. The summed E-state index contributed by atoms with van der Waals surface area (Å²) in [6.07, 6.45) is -2.26. The molecule has 0 radical (unpaired) electrons. The van der Waals surface area contributed by atoms with E-state index in [0.717, 1.165) is 16.7 Å². The predicted molar refractivity (Wildman–Crippen MR) is 86.4 cm³/mol. The summed E-state index contributed by atoms with van der Waals surface area (Å²) in [7, 11) is 0. The first-order chi connectivity index (χ1) is 10.4. The molecular formula is C17H25NO5. The minimum atomic E-state index is -1.49. The summed E-state index contributed by atoms with van der Waals surface area (Å²) in [5, 5.41) is 22.0. The summed E-state index contributed by atoms with van der Waals surface area (Å²) in [5.74, 6) is -1.33. The predicted octanol–water partition coefficient (Wildman–Crippen LogP) is 2.62. The first kappa shape index (κ1) is 19.0. The number of hydrogen-bond donors (Lipinski definition) is 3. The summed E-state index contributed by atoms with van der Waals surface area (Å²) in [6, 6.07) is 2.12. The number of nitrogens with one attached hydrogen (secondary N) is 1. The Labute approximate surface area is 136 Å². The van der Waals surface area contributed by atoms with Crippen molar-refractivity contribution < 1.29 is 24.5 Å². The second-order valence-electron chi connectivity index (χ2n) is 6.70. The van der Waals surface area contributed by atoms with Gasteiger partial charge in [0.1, 0.15) is 11.7 Å². The Hall–Kier alpha value is -2.08. The number of aliphatic hydroxyl groups is 1. The average molecular weight is 323 g/mol. The highest BCUT2D eigenvalue weighted by Gasteiger charge is 2.32. The molecule has 0 aromatic heterocycles. The van der Waals surface area contributed by atoms with Crippen molar-refractivity contribution in [2.75, 3.05) is 0 Å². The minimum absolute atomic E-state index is 0.469. The van der Waals surface area contributed by atoms with E-state index in [0.29, 0.717) is 5.56 Å². The van der Waals surface area contributed by atoms with Crippen molar-refractivity contribution in [3.63, 3.8) is 0 Å². The van der Waals surface area contributed by atoms with Gasteiger partial charge in [-0.2, -0.15) is 0 Å². The number of amides is 1. The van der Waals surface area contributed by atoms with Crippen molar-refractivity contribution in [1.29, 1.82) is 0 Å². The molecule has 23 heavy (non-hydrogen) atoms. The second-order valence-corrected chi connectivity index (χ2v) is 6.70. The van der Waals surface area contributed by atoms with E-state index in [-0.39, 0.29) is 0 Å². The maximum Gasteiger partial charge on any atom is 0.408 e. The highest BCUT2D eigenvalue weighted by Crippen LogP contribution is 2.24. The van der Waals surface area contributed by atoms with Crippen LogP contribution in [0.2, 0.25) is 0 Å². The summed E-state index contributed by atoms with van der Waals surface area (Å²) in [4.78, 5) is 23.3. The van der Waals surface area contributed by atoms with E-state index in [2.05, 4.69) is 5.32 Å². The van der Waals surface area contributed by atoms with E-state index in [9.17, 15) is 19.8 Å². The molecule has 6 nitrogen and oxygen atoms in total. The monoisotopic (exact) mass is 323 g/mol. The second kappa shape index (κ2) is 7.00. The number of aryl methyl sites for hydroxylation is 3. The third kappa shape index (κ3) is 5.25. The molecule has 128 valence electrons. The van der Waals surface area contributed by atoms with Crippen LogP contribution in [0.15, 0.2) is 12.1 Å².